The molecule has 6 heteroatoms. The zero-order valence-electron chi connectivity index (χ0n) is 13.6. The molecule has 1 unspecified atom stereocenters. The van der Waals surface area contributed by atoms with Gasteiger partial charge in [-0.3, -0.25) is 4.79 Å². The second kappa shape index (κ2) is 6.91. The molecule has 2 aromatic rings. The highest BCUT2D eigenvalue weighted by Crippen LogP contribution is 2.24. The molecule has 6 nitrogen and oxygen atoms in total. The quantitative estimate of drug-likeness (QED) is 0.935. The van der Waals surface area contributed by atoms with Gasteiger partial charge in [-0.1, -0.05) is 6.92 Å². The number of aromatic nitrogens is 2. The molecule has 1 amide bonds. The van der Waals surface area contributed by atoms with E-state index in [1.54, 1.807) is 6.33 Å². The Morgan fingerprint density at radius 3 is 2.87 bits per heavy atom. The lowest BCUT2D eigenvalue weighted by atomic mass is 10.1. The van der Waals surface area contributed by atoms with E-state index in [0.717, 1.165) is 36.2 Å². The van der Waals surface area contributed by atoms with Crippen LogP contribution in [-0.4, -0.2) is 48.2 Å². The molecule has 1 atom stereocenters. The number of nitrogens with zero attached hydrogens (tertiary/aromatic N) is 3. The van der Waals surface area contributed by atoms with Crippen molar-refractivity contribution in [2.75, 3.05) is 31.2 Å². The van der Waals surface area contributed by atoms with Crippen molar-refractivity contribution in [3.05, 3.63) is 30.1 Å². The van der Waals surface area contributed by atoms with E-state index in [0.29, 0.717) is 18.8 Å². The molecule has 0 saturated carbocycles. The number of hydrogen-bond donors (Lipinski definition) is 1. The van der Waals surface area contributed by atoms with Crippen molar-refractivity contribution in [2.45, 2.75) is 26.3 Å². The molecule has 1 N–H and O–H groups in total. The summed E-state index contributed by atoms with van der Waals surface area (Å²) in [7, 11) is 0. The number of anilines is 1. The minimum atomic E-state index is -0.0574. The molecule has 0 spiro atoms. The average molecular weight is 314 g/mol. The van der Waals surface area contributed by atoms with E-state index in [1.807, 2.05) is 25.1 Å². The normalized spacial score (nSPS) is 16.3. The number of amides is 1. The maximum Gasteiger partial charge on any atom is 0.251 e. The van der Waals surface area contributed by atoms with Crippen molar-refractivity contribution < 1.29 is 9.53 Å². The maximum atomic E-state index is 12.4. The van der Waals surface area contributed by atoms with E-state index >= 15 is 0 Å². The lowest BCUT2D eigenvalue weighted by Crippen LogP contribution is -2.37. The van der Waals surface area contributed by atoms with Gasteiger partial charge in [0.25, 0.3) is 5.91 Å². The number of benzene rings is 1. The average Bonchev–Trinajstić information content (AvgIpc) is 2.61. The summed E-state index contributed by atoms with van der Waals surface area (Å²) < 4.78 is 5.40. The van der Waals surface area contributed by atoms with E-state index in [2.05, 4.69) is 27.1 Å². The van der Waals surface area contributed by atoms with Crippen molar-refractivity contribution in [2.24, 2.45) is 0 Å². The molecule has 2 heterocycles. The molecule has 1 aromatic heterocycles. The molecule has 1 aliphatic heterocycles. The summed E-state index contributed by atoms with van der Waals surface area (Å²) in [5.74, 6) is 0.814. The van der Waals surface area contributed by atoms with Crippen molar-refractivity contribution in [1.29, 1.82) is 0 Å². The fraction of sp³-hybridized carbons (Fsp3) is 0.471. The summed E-state index contributed by atoms with van der Waals surface area (Å²) in [4.78, 5) is 23.3. The third-order valence-electron chi connectivity index (χ3n) is 4.18. The fourth-order valence-electron chi connectivity index (χ4n) is 2.62. The van der Waals surface area contributed by atoms with Gasteiger partial charge in [-0.2, -0.15) is 0 Å². The van der Waals surface area contributed by atoms with Gasteiger partial charge < -0.3 is 15.0 Å². The van der Waals surface area contributed by atoms with Gasteiger partial charge in [-0.05, 0) is 31.5 Å². The summed E-state index contributed by atoms with van der Waals surface area (Å²) in [6.45, 7) is 7.04. The lowest BCUT2D eigenvalue weighted by molar-refractivity contribution is 0.0939. The van der Waals surface area contributed by atoms with Crippen LogP contribution in [0.3, 0.4) is 0 Å². The van der Waals surface area contributed by atoms with Gasteiger partial charge in [0, 0.05) is 30.1 Å². The highest BCUT2D eigenvalue weighted by atomic mass is 16.5. The Hall–Kier alpha value is -2.21. The van der Waals surface area contributed by atoms with Gasteiger partial charge in [-0.15, -0.1) is 0 Å². The first-order valence-electron chi connectivity index (χ1n) is 8.07. The van der Waals surface area contributed by atoms with Crippen LogP contribution in [0, 0.1) is 0 Å². The molecule has 3 rings (SSSR count). The minimum Gasteiger partial charge on any atom is -0.378 e. The number of carbonyl (C=O) groups is 1. The number of carbonyl (C=O) groups excluding carboxylic acids is 1. The lowest BCUT2D eigenvalue weighted by Gasteiger charge is -2.28. The van der Waals surface area contributed by atoms with Gasteiger partial charge >= 0.3 is 0 Å². The SMILES string of the molecule is CCC(C)NC(=O)c1ccc2ncnc(N3CCOCC3)c2c1. The Labute approximate surface area is 135 Å². The van der Waals surface area contributed by atoms with Crippen LogP contribution in [0.15, 0.2) is 24.5 Å². The summed E-state index contributed by atoms with van der Waals surface area (Å²) >= 11 is 0. The molecule has 23 heavy (non-hydrogen) atoms. The van der Waals surface area contributed by atoms with Gasteiger partial charge in [0.15, 0.2) is 0 Å². The van der Waals surface area contributed by atoms with Crippen molar-refractivity contribution >= 4 is 22.6 Å². The van der Waals surface area contributed by atoms with Crippen molar-refractivity contribution in [3.8, 4) is 0 Å². The third-order valence-corrected chi connectivity index (χ3v) is 4.18. The second-order valence-electron chi connectivity index (χ2n) is 5.81. The first kappa shape index (κ1) is 15.7. The van der Waals surface area contributed by atoms with Gasteiger partial charge in [0.2, 0.25) is 0 Å². The largest absolute Gasteiger partial charge is 0.378 e. The van der Waals surface area contributed by atoms with Gasteiger partial charge in [-0.25, -0.2) is 9.97 Å². The monoisotopic (exact) mass is 314 g/mol. The van der Waals surface area contributed by atoms with E-state index in [4.69, 9.17) is 4.74 Å². The van der Waals surface area contributed by atoms with Crippen LogP contribution in [0.1, 0.15) is 30.6 Å². The predicted molar refractivity (Wildman–Crippen MR) is 89.8 cm³/mol. The van der Waals surface area contributed by atoms with Crippen LogP contribution in [0.25, 0.3) is 10.9 Å². The molecule has 1 aromatic carbocycles. The third kappa shape index (κ3) is 3.42. The van der Waals surface area contributed by atoms with Crippen molar-refractivity contribution in [3.63, 3.8) is 0 Å². The molecule has 0 aliphatic carbocycles. The highest BCUT2D eigenvalue weighted by Gasteiger charge is 2.17. The molecule has 1 aliphatic rings. The highest BCUT2D eigenvalue weighted by molar-refractivity contribution is 6.00. The van der Waals surface area contributed by atoms with E-state index < -0.39 is 0 Å². The Balaban J connectivity index is 1.95. The summed E-state index contributed by atoms with van der Waals surface area (Å²) in [5.41, 5.74) is 1.49. The van der Waals surface area contributed by atoms with Crippen molar-refractivity contribution in [1.82, 2.24) is 15.3 Å². The van der Waals surface area contributed by atoms with E-state index in [9.17, 15) is 4.79 Å². The number of morpholine rings is 1. The topological polar surface area (TPSA) is 67.4 Å². The van der Waals surface area contributed by atoms with Crippen LogP contribution < -0.4 is 10.2 Å². The minimum absolute atomic E-state index is 0.0574. The molecular formula is C17H22N4O2. The Kier molecular flexibility index (Phi) is 4.71. The first-order valence-corrected chi connectivity index (χ1v) is 8.07. The number of hydrogen-bond acceptors (Lipinski definition) is 5. The molecular weight excluding hydrogens is 292 g/mol. The van der Waals surface area contributed by atoms with Gasteiger partial charge in [0.1, 0.15) is 12.1 Å². The van der Waals surface area contributed by atoms with E-state index in [1.165, 1.54) is 0 Å². The van der Waals surface area contributed by atoms with E-state index in [-0.39, 0.29) is 11.9 Å². The van der Waals surface area contributed by atoms with Crippen LogP contribution >= 0.6 is 0 Å². The Morgan fingerprint density at radius 2 is 2.13 bits per heavy atom. The number of fused-ring (bicyclic) bond motifs is 1. The number of rotatable bonds is 4. The van der Waals surface area contributed by atoms with Crippen LogP contribution in [0.4, 0.5) is 5.82 Å². The van der Waals surface area contributed by atoms with Crippen LogP contribution in [0.5, 0.6) is 0 Å². The van der Waals surface area contributed by atoms with Gasteiger partial charge in [0.05, 0.1) is 18.7 Å². The fourth-order valence-corrected chi connectivity index (χ4v) is 2.62. The van der Waals surface area contributed by atoms with Crippen LogP contribution in [-0.2, 0) is 4.74 Å². The molecule has 122 valence electrons. The zero-order chi connectivity index (χ0) is 16.2. The summed E-state index contributed by atoms with van der Waals surface area (Å²) in [6.07, 6.45) is 2.48. The Morgan fingerprint density at radius 1 is 1.35 bits per heavy atom. The smallest absolute Gasteiger partial charge is 0.251 e. The second-order valence-corrected chi connectivity index (χ2v) is 5.81. The Bertz CT molecular complexity index is 698. The summed E-state index contributed by atoms with van der Waals surface area (Å²) in [6, 6.07) is 5.74. The first-order chi connectivity index (χ1) is 11.2. The number of ether oxygens (including phenoxy) is 1. The molecule has 0 bridgehead atoms. The molecule has 1 saturated heterocycles. The zero-order valence-corrected chi connectivity index (χ0v) is 13.6. The standard InChI is InChI=1S/C17H22N4O2/c1-3-12(2)20-17(22)13-4-5-15-14(10-13)16(19-11-18-15)21-6-8-23-9-7-21/h4-5,10-12H,3,6-9H2,1-2H3,(H,20,22). The molecule has 1 fully saturated rings. The number of nitrogens with one attached hydrogen (secondary N) is 1. The molecule has 0 radical (unpaired) electrons. The predicted octanol–water partition coefficient (Wildman–Crippen LogP) is 1.99. The maximum absolute atomic E-state index is 12.4. The van der Waals surface area contributed by atoms with Crippen LogP contribution in [0.2, 0.25) is 0 Å². The summed E-state index contributed by atoms with van der Waals surface area (Å²) in [5, 5.41) is 3.90.